The molecule has 0 atom stereocenters. The molecule has 0 aliphatic rings. The van der Waals surface area contributed by atoms with Crippen molar-refractivity contribution in [3.63, 3.8) is 0 Å². The molecule has 1 amide bonds. The van der Waals surface area contributed by atoms with E-state index in [1.165, 1.54) is 0 Å². The summed E-state index contributed by atoms with van der Waals surface area (Å²) in [5, 5.41) is 25.4. The largest absolute Gasteiger partial charge is 0.507 e. The van der Waals surface area contributed by atoms with Crippen LogP contribution >= 0.6 is 0 Å². The van der Waals surface area contributed by atoms with Crippen LogP contribution in [0.25, 0.3) is 28.5 Å². The van der Waals surface area contributed by atoms with E-state index in [1.54, 1.807) is 77.5 Å². The third-order valence-electron chi connectivity index (χ3n) is 5.61. The minimum atomic E-state index is -0.271. The lowest BCUT2D eigenvalue weighted by molar-refractivity contribution is 0.0932. The fourth-order valence-corrected chi connectivity index (χ4v) is 3.75. The third-order valence-corrected chi connectivity index (χ3v) is 5.61. The first-order chi connectivity index (χ1) is 17.6. The molecule has 0 bridgehead atoms. The van der Waals surface area contributed by atoms with Gasteiger partial charge in [-0.2, -0.15) is 0 Å². The molecule has 36 heavy (non-hydrogen) atoms. The maximum atomic E-state index is 12.6. The van der Waals surface area contributed by atoms with E-state index in [9.17, 15) is 15.0 Å². The van der Waals surface area contributed by atoms with E-state index in [2.05, 4.69) is 20.9 Å². The zero-order valence-electron chi connectivity index (χ0n) is 19.2. The third kappa shape index (κ3) is 4.79. The smallest absolute Gasteiger partial charge is 0.265 e. The average Bonchev–Trinajstić information content (AvgIpc) is 3.35. The number of carbonyl (C=O) groups excluding carboxylic acids is 1. The van der Waals surface area contributed by atoms with E-state index < -0.39 is 0 Å². The summed E-state index contributed by atoms with van der Waals surface area (Å²) in [6.07, 6.45) is 0. The fraction of sp³-hybridized carbons (Fsp3) is 0.0357. The molecular weight excluding hydrogens is 454 g/mol. The Kier molecular flexibility index (Phi) is 6.42. The predicted octanol–water partition coefficient (Wildman–Crippen LogP) is 4.45. The number of hydrogen-bond donors (Lipinski definition) is 4. The molecule has 0 radical (unpaired) electrons. The minimum absolute atomic E-state index is 0.0495. The van der Waals surface area contributed by atoms with Crippen molar-refractivity contribution in [1.29, 1.82) is 0 Å². The Balaban J connectivity index is 1.42. The monoisotopic (exact) mass is 477 g/mol. The Morgan fingerprint density at radius 1 is 0.750 bits per heavy atom. The van der Waals surface area contributed by atoms with Crippen LogP contribution in [0.15, 0.2) is 103 Å². The van der Waals surface area contributed by atoms with Crippen LogP contribution in [0.1, 0.15) is 15.9 Å². The SMILES string of the molecule is O=C(NNCc1ccccc1)c1ccc(-n2nc(-c3ccccc3O)nc2-c2ccccc2O)cc1. The number of amides is 1. The Labute approximate surface area is 207 Å². The number of benzene rings is 4. The van der Waals surface area contributed by atoms with Crippen molar-refractivity contribution in [1.82, 2.24) is 25.6 Å². The van der Waals surface area contributed by atoms with E-state index in [0.717, 1.165) is 5.56 Å². The Morgan fingerprint density at radius 3 is 2.03 bits per heavy atom. The number of nitrogens with zero attached hydrogens (tertiary/aromatic N) is 3. The van der Waals surface area contributed by atoms with E-state index >= 15 is 0 Å². The van der Waals surface area contributed by atoms with Crippen molar-refractivity contribution in [3.8, 4) is 40.0 Å². The molecule has 4 N–H and O–H groups in total. The van der Waals surface area contributed by atoms with E-state index in [0.29, 0.717) is 40.6 Å². The Morgan fingerprint density at radius 2 is 1.36 bits per heavy atom. The van der Waals surface area contributed by atoms with Gasteiger partial charge < -0.3 is 10.2 Å². The van der Waals surface area contributed by atoms with Gasteiger partial charge in [-0.25, -0.2) is 15.1 Å². The van der Waals surface area contributed by atoms with Crippen LogP contribution in [0.5, 0.6) is 11.5 Å². The number of aromatic nitrogens is 3. The summed E-state index contributed by atoms with van der Waals surface area (Å²) in [7, 11) is 0. The molecule has 0 unspecified atom stereocenters. The number of hydrazine groups is 1. The van der Waals surface area contributed by atoms with Crippen LogP contribution in [-0.4, -0.2) is 30.9 Å². The Bertz CT molecular complexity index is 1500. The van der Waals surface area contributed by atoms with Crippen molar-refractivity contribution >= 4 is 5.91 Å². The molecule has 0 aliphatic heterocycles. The molecule has 0 fully saturated rings. The molecule has 1 aromatic heterocycles. The standard InChI is InChI=1S/C28H23N5O3/c34-24-12-6-4-10-22(24)26-30-27(23-11-5-7-13-25(23)35)33(32-26)21-16-14-20(15-17-21)28(36)31-29-18-19-8-2-1-3-9-19/h1-17,29,34-35H,18H2,(H,31,36). The van der Waals surface area contributed by atoms with Crippen LogP contribution in [-0.2, 0) is 6.54 Å². The number of hydrogen-bond acceptors (Lipinski definition) is 6. The summed E-state index contributed by atoms with van der Waals surface area (Å²) in [6.45, 7) is 0.503. The highest BCUT2D eigenvalue weighted by molar-refractivity contribution is 5.94. The molecule has 8 nitrogen and oxygen atoms in total. The molecule has 0 aliphatic carbocycles. The molecular formula is C28H23N5O3. The lowest BCUT2D eigenvalue weighted by atomic mass is 10.1. The summed E-state index contributed by atoms with van der Waals surface area (Å²) in [6, 6.07) is 30.3. The topological polar surface area (TPSA) is 112 Å². The van der Waals surface area contributed by atoms with E-state index in [1.807, 2.05) is 30.3 Å². The highest BCUT2D eigenvalue weighted by Gasteiger charge is 2.19. The van der Waals surface area contributed by atoms with E-state index in [4.69, 9.17) is 0 Å². The van der Waals surface area contributed by atoms with Crippen LogP contribution in [0.4, 0.5) is 0 Å². The van der Waals surface area contributed by atoms with Crippen molar-refractivity contribution in [3.05, 3.63) is 114 Å². The summed E-state index contributed by atoms with van der Waals surface area (Å²) < 4.78 is 1.58. The van der Waals surface area contributed by atoms with Crippen LogP contribution in [0.3, 0.4) is 0 Å². The second kappa shape index (κ2) is 10.1. The van der Waals surface area contributed by atoms with Crippen LogP contribution < -0.4 is 10.9 Å². The molecule has 178 valence electrons. The molecule has 5 rings (SSSR count). The summed E-state index contributed by atoms with van der Waals surface area (Å²) >= 11 is 0. The number of phenols is 2. The lowest BCUT2D eigenvalue weighted by Gasteiger charge is -2.10. The maximum Gasteiger partial charge on any atom is 0.265 e. The van der Waals surface area contributed by atoms with E-state index in [-0.39, 0.29) is 17.4 Å². The highest BCUT2D eigenvalue weighted by Crippen LogP contribution is 2.33. The first-order valence-electron chi connectivity index (χ1n) is 11.3. The number of rotatable bonds is 7. The zero-order valence-corrected chi connectivity index (χ0v) is 19.2. The van der Waals surface area contributed by atoms with Gasteiger partial charge in [0.2, 0.25) is 0 Å². The fourth-order valence-electron chi connectivity index (χ4n) is 3.75. The number of aromatic hydroxyl groups is 2. The van der Waals surface area contributed by atoms with Gasteiger partial charge in [0.25, 0.3) is 5.91 Å². The van der Waals surface area contributed by atoms with Crippen molar-refractivity contribution in [2.75, 3.05) is 0 Å². The number of phenolic OH excluding ortho intramolecular Hbond substituents is 2. The van der Waals surface area contributed by atoms with Gasteiger partial charge in [-0.05, 0) is 54.1 Å². The Hall–Kier alpha value is -4.95. The number of nitrogens with one attached hydrogen (secondary N) is 2. The maximum absolute atomic E-state index is 12.6. The van der Waals surface area contributed by atoms with Crippen molar-refractivity contribution in [2.24, 2.45) is 0 Å². The predicted molar refractivity (Wildman–Crippen MR) is 136 cm³/mol. The van der Waals surface area contributed by atoms with Gasteiger partial charge >= 0.3 is 0 Å². The van der Waals surface area contributed by atoms with Crippen molar-refractivity contribution in [2.45, 2.75) is 6.54 Å². The molecule has 0 saturated heterocycles. The molecule has 8 heteroatoms. The first-order valence-corrected chi connectivity index (χ1v) is 11.3. The number of carbonyl (C=O) groups is 1. The van der Waals surface area contributed by atoms with Gasteiger partial charge in [-0.3, -0.25) is 10.2 Å². The van der Waals surface area contributed by atoms with Crippen LogP contribution in [0.2, 0.25) is 0 Å². The normalized spacial score (nSPS) is 10.8. The second-order valence-electron chi connectivity index (χ2n) is 8.05. The first kappa shape index (κ1) is 22.8. The molecule has 1 heterocycles. The lowest BCUT2D eigenvalue weighted by Crippen LogP contribution is -2.36. The zero-order chi connectivity index (χ0) is 24.9. The molecule has 4 aromatic carbocycles. The van der Waals surface area contributed by atoms with Gasteiger partial charge in [0.05, 0.1) is 16.8 Å². The summed E-state index contributed by atoms with van der Waals surface area (Å²) in [5.41, 5.74) is 8.73. The summed E-state index contributed by atoms with van der Waals surface area (Å²) in [4.78, 5) is 17.2. The average molecular weight is 478 g/mol. The molecule has 0 saturated carbocycles. The van der Waals surface area contributed by atoms with Gasteiger partial charge in [0.1, 0.15) is 11.5 Å². The summed E-state index contributed by atoms with van der Waals surface area (Å²) in [5.74, 6) is 0.530. The second-order valence-corrected chi connectivity index (χ2v) is 8.05. The minimum Gasteiger partial charge on any atom is -0.507 e. The van der Waals surface area contributed by atoms with Crippen LogP contribution in [0, 0.1) is 0 Å². The quantitative estimate of drug-likeness (QED) is 0.258. The van der Waals surface area contributed by atoms with Crippen molar-refractivity contribution < 1.29 is 15.0 Å². The van der Waals surface area contributed by atoms with Gasteiger partial charge in [-0.15, -0.1) is 5.10 Å². The van der Waals surface area contributed by atoms with Gasteiger partial charge in [0.15, 0.2) is 11.6 Å². The van der Waals surface area contributed by atoms with Gasteiger partial charge in [0, 0.05) is 12.1 Å². The van der Waals surface area contributed by atoms with Gasteiger partial charge in [-0.1, -0.05) is 54.6 Å². The molecule has 0 spiro atoms. The highest BCUT2D eigenvalue weighted by atomic mass is 16.3. The molecule has 5 aromatic rings. The number of para-hydroxylation sites is 2.